The maximum atomic E-state index is 5.89. The fraction of sp³-hybridized carbons (Fsp3) is 0.143. The molecule has 0 saturated carbocycles. The van der Waals surface area contributed by atoms with Gasteiger partial charge in [0.05, 0.1) is 0 Å². The van der Waals surface area contributed by atoms with E-state index in [0.29, 0.717) is 12.2 Å². The fourth-order valence-corrected chi connectivity index (χ4v) is 1.73. The van der Waals surface area contributed by atoms with Crippen LogP contribution in [0.1, 0.15) is 11.1 Å². The maximum absolute atomic E-state index is 5.89. The number of aryl methyl sites for hydroxylation is 1. The SMILES string of the molecule is Cc1ccc(NCc2cc(N)ccc2N)cc1N. The number of rotatable bonds is 3. The predicted octanol–water partition coefficient (Wildman–Crippen LogP) is 2.35. The first kappa shape index (κ1) is 12.1. The molecular weight excluding hydrogens is 224 g/mol. The molecule has 0 bridgehead atoms. The number of benzene rings is 2. The molecule has 0 fully saturated rings. The zero-order chi connectivity index (χ0) is 13.1. The van der Waals surface area contributed by atoms with Gasteiger partial charge in [-0.3, -0.25) is 0 Å². The Labute approximate surface area is 107 Å². The van der Waals surface area contributed by atoms with Gasteiger partial charge in [0.1, 0.15) is 0 Å². The van der Waals surface area contributed by atoms with E-state index in [0.717, 1.165) is 28.2 Å². The quantitative estimate of drug-likeness (QED) is 0.622. The van der Waals surface area contributed by atoms with Crippen molar-refractivity contribution in [2.24, 2.45) is 0 Å². The number of nitrogens with one attached hydrogen (secondary N) is 1. The standard InChI is InChI=1S/C14H18N4/c1-9-2-4-12(7-14(9)17)18-8-10-6-11(15)3-5-13(10)16/h2-7,18H,8,15-17H2,1H3. The van der Waals surface area contributed by atoms with Gasteiger partial charge in [0.2, 0.25) is 0 Å². The zero-order valence-electron chi connectivity index (χ0n) is 10.4. The summed E-state index contributed by atoms with van der Waals surface area (Å²) >= 11 is 0. The molecule has 0 aliphatic rings. The summed E-state index contributed by atoms with van der Waals surface area (Å²) in [6.45, 7) is 2.61. The Morgan fingerprint density at radius 2 is 1.72 bits per heavy atom. The average molecular weight is 242 g/mol. The number of hydrogen-bond acceptors (Lipinski definition) is 4. The predicted molar refractivity (Wildman–Crippen MR) is 78.2 cm³/mol. The van der Waals surface area contributed by atoms with E-state index < -0.39 is 0 Å². The Kier molecular flexibility index (Phi) is 3.28. The largest absolute Gasteiger partial charge is 0.399 e. The minimum atomic E-state index is 0.624. The van der Waals surface area contributed by atoms with Crippen molar-refractivity contribution in [3.8, 4) is 0 Å². The van der Waals surface area contributed by atoms with Crippen molar-refractivity contribution < 1.29 is 0 Å². The van der Waals surface area contributed by atoms with Crippen LogP contribution >= 0.6 is 0 Å². The lowest BCUT2D eigenvalue weighted by atomic mass is 10.1. The molecule has 4 nitrogen and oxygen atoms in total. The van der Waals surface area contributed by atoms with Gasteiger partial charge in [0, 0.05) is 29.3 Å². The van der Waals surface area contributed by atoms with E-state index in [1.165, 1.54) is 0 Å². The van der Waals surface area contributed by atoms with Gasteiger partial charge in [-0.2, -0.15) is 0 Å². The van der Waals surface area contributed by atoms with E-state index >= 15 is 0 Å². The highest BCUT2D eigenvalue weighted by molar-refractivity contribution is 5.60. The van der Waals surface area contributed by atoms with E-state index in [1.54, 1.807) is 6.07 Å². The summed E-state index contributed by atoms with van der Waals surface area (Å²) in [7, 11) is 0. The summed E-state index contributed by atoms with van der Waals surface area (Å²) in [5, 5.41) is 3.28. The Balaban J connectivity index is 2.11. The molecular formula is C14H18N4. The van der Waals surface area contributed by atoms with Crippen LogP contribution in [0.4, 0.5) is 22.7 Å². The van der Waals surface area contributed by atoms with Crippen LogP contribution in [0.3, 0.4) is 0 Å². The third-order valence-corrected chi connectivity index (χ3v) is 2.93. The van der Waals surface area contributed by atoms with Gasteiger partial charge in [-0.05, 0) is 48.4 Å². The van der Waals surface area contributed by atoms with Gasteiger partial charge in [-0.25, -0.2) is 0 Å². The molecule has 0 amide bonds. The molecule has 0 aliphatic carbocycles. The maximum Gasteiger partial charge on any atom is 0.0421 e. The normalized spacial score (nSPS) is 10.3. The van der Waals surface area contributed by atoms with Crippen LogP contribution in [0, 0.1) is 6.92 Å². The van der Waals surface area contributed by atoms with Crippen LogP contribution < -0.4 is 22.5 Å². The summed E-state index contributed by atoms with van der Waals surface area (Å²) in [5.74, 6) is 0. The lowest BCUT2D eigenvalue weighted by Crippen LogP contribution is -2.04. The van der Waals surface area contributed by atoms with Crippen LogP contribution in [0.5, 0.6) is 0 Å². The van der Waals surface area contributed by atoms with Crippen molar-refractivity contribution in [1.29, 1.82) is 0 Å². The molecule has 0 atom stereocenters. The molecule has 2 aromatic carbocycles. The van der Waals surface area contributed by atoms with Crippen molar-refractivity contribution in [2.45, 2.75) is 13.5 Å². The lowest BCUT2D eigenvalue weighted by Gasteiger charge is -2.11. The second kappa shape index (κ2) is 4.87. The van der Waals surface area contributed by atoms with Crippen molar-refractivity contribution >= 4 is 22.7 Å². The van der Waals surface area contributed by atoms with E-state index in [9.17, 15) is 0 Å². The molecule has 0 heterocycles. The molecule has 0 aromatic heterocycles. The topological polar surface area (TPSA) is 90.1 Å². The van der Waals surface area contributed by atoms with Gasteiger partial charge in [0.15, 0.2) is 0 Å². The van der Waals surface area contributed by atoms with E-state index in [4.69, 9.17) is 17.2 Å². The number of nitrogens with two attached hydrogens (primary N) is 3. The number of hydrogen-bond donors (Lipinski definition) is 4. The summed E-state index contributed by atoms with van der Waals surface area (Å²) in [5.41, 5.74) is 22.7. The molecule has 0 spiro atoms. The molecule has 2 aromatic rings. The second-order valence-corrected chi connectivity index (χ2v) is 4.38. The summed E-state index contributed by atoms with van der Waals surface area (Å²) < 4.78 is 0. The Morgan fingerprint density at radius 1 is 0.944 bits per heavy atom. The third-order valence-electron chi connectivity index (χ3n) is 2.93. The average Bonchev–Trinajstić information content (AvgIpc) is 2.34. The highest BCUT2D eigenvalue weighted by Gasteiger charge is 2.01. The summed E-state index contributed by atoms with van der Waals surface area (Å²) in [4.78, 5) is 0. The molecule has 7 N–H and O–H groups in total. The van der Waals surface area contributed by atoms with Gasteiger partial charge in [-0.15, -0.1) is 0 Å². The van der Waals surface area contributed by atoms with Crippen molar-refractivity contribution in [1.82, 2.24) is 0 Å². The minimum absolute atomic E-state index is 0.624. The summed E-state index contributed by atoms with van der Waals surface area (Å²) in [6, 6.07) is 11.4. The molecule has 0 saturated heterocycles. The molecule has 4 heteroatoms. The number of nitrogen functional groups attached to an aromatic ring is 3. The van der Waals surface area contributed by atoms with Crippen LogP contribution in [-0.2, 0) is 6.54 Å². The fourth-order valence-electron chi connectivity index (χ4n) is 1.73. The van der Waals surface area contributed by atoms with Gasteiger partial charge >= 0.3 is 0 Å². The Hall–Kier alpha value is -2.36. The van der Waals surface area contributed by atoms with Crippen LogP contribution in [-0.4, -0.2) is 0 Å². The van der Waals surface area contributed by atoms with Gasteiger partial charge in [-0.1, -0.05) is 6.07 Å². The molecule has 2 rings (SSSR count). The lowest BCUT2D eigenvalue weighted by molar-refractivity contribution is 1.15. The van der Waals surface area contributed by atoms with Crippen molar-refractivity contribution in [3.63, 3.8) is 0 Å². The van der Waals surface area contributed by atoms with Gasteiger partial charge < -0.3 is 22.5 Å². The van der Waals surface area contributed by atoms with Crippen LogP contribution in [0.2, 0.25) is 0 Å². The first-order chi connectivity index (χ1) is 8.56. The smallest absolute Gasteiger partial charge is 0.0421 e. The third kappa shape index (κ3) is 2.66. The van der Waals surface area contributed by atoms with Crippen LogP contribution in [0.25, 0.3) is 0 Å². The number of anilines is 4. The highest BCUT2D eigenvalue weighted by Crippen LogP contribution is 2.20. The molecule has 18 heavy (non-hydrogen) atoms. The Morgan fingerprint density at radius 3 is 2.44 bits per heavy atom. The zero-order valence-corrected chi connectivity index (χ0v) is 10.4. The van der Waals surface area contributed by atoms with Gasteiger partial charge in [0.25, 0.3) is 0 Å². The van der Waals surface area contributed by atoms with Crippen LogP contribution in [0.15, 0.2) is 36.4 Å². The Bertz CT molecular complexity index is 564. The molecule has 0 unspecified atom stereocenters. The van der Waals surface area contributed by atoms with Crippen molar-refractivity contribution in [2.75, 3.05) is 22.5 Å². The molecule has 0 radical (unpaired) electrons. The van der Waals surface area contributed by atoms with E-state index in [-0.39, 0.29) is 0 Å². The van der Waals surface area contributed by atoms with E-state index in [2.05, 4.69) is 5.32 Å². The highest BCUT2D eigenvalue weighted by atomic mass is 14.9. The monoisotopic (exact) mass is 242 g/mol. The second-order valence-electron chi connectivity index (χ2n) is 4.38. The molecule has 0 aliphatic heterocycles. The molecule has 94 valence electrons. The first-order valence-electron chi connectivity index (χ1n) is 5.80. The van der Waals surface area contributed by atoms with Crippen molar-refractivity contribution in [3.05, 3.63) is 47.5 Å². The first-order valence-corrected chi connectivity index (χ1v) is 5.80. The summed E-state index contributed by atoms with van der Waals surface area (Å²) in [6.07, 6.45) is 0. The minimum Gasteiger partial charge on any atom is -0.399 e. The van der Waals surface area contributed by atoms with E-state index in [1.807, 2.05) is 37.3 Å².